The molecule has 1 aromatic carbocycles. The fraction of sp³-hybridized carbons (Fsp3) is 0.300. The Morgan fingerprint density at radius 1 is 1.29 bits per heavy atom. The van der Waals surface area contributed by atoms with Gasteiger partial charge in [-0.3, -0.25) is 9.63 Å². The summed E-state index contributed by atoms with van der Waals surface area (Å²) in [6.07, 6.45) is 2.81. The van der Waals surface area contributed by atoms with Gasteiger partial charge in [-0.2, -0.15) is 4.31 Å². The number of fused-ring (bicyclic) bond motifs is 1. The summed E-state index contributed by atoms with van der Waals surface area (Å²) in [7, 11) is -2.43. The molecule has 164 valence electrons. The van der Waals surface area contributed by atoms with E-state index in [2.05, 4.69) is 9.97 Å². The number of hydrogen-bond acceptors (Lipinski definition) is 6. The highest BCUT2D eigenvalue weighted by molar-refractivity contribution is 7.89. The van der Waals surface area contributed by atoms with Crippen molar-refractivity contribution >= 4 is 26.8 Å². The summed E-state index contributed by atoms with van der Waals surface area (Å²) in [5.41, 5.74) is 1.18. The smallest absolute Gasteiger partial charge is 0.296 e. The summed E-state index contributed by atoms with van der Waals surface area (Å²) in [6.45, 7) is 1.27. The van der Waals surface area contributed by atoms with Crippen molar-refractivity contribution in [1.29, 1.82) is 0 Å². The molecule has 1 aliphatic heterocycles. The predicted molar refractivity (Wildman–Crippen MR) is 109 cm³/mol. The van der Waals surface area contributed by atoms with Crippen LogP contribution in [-0.4, -0.2) is 67.1 Å². The topological polar surface area (TPSA) is 105 Å². The van der Waals surface area contributed by atoms with Crippen molar-refractivity contribution in [1.82, 2.24) is 19.3 Å². The van der Waals surface area contributed by atoms with E-state index in [-0.39, 0.29) is 36.0 Å². The number of carbonyl (C=O) groups excluding carboxylic acids is 1. The molecule has 2 aromatic heterocycles. The van der Waals surface area contributed by atoms with Gasteiger partial charge in [-0.1, -0.05) is 12.1 Å². The molecule has 11 heteroatoms. The quantitative estimate of drug-likeness (QED) is 0.578. The van der Waals surface area contributed by atoms with Gasteiger partial charge < -0.3 is 9.72 Å². The summed E-state index contributed by atoms with van der Waals surface area (Å²) in [4.78, 5) is 25.3. The number of ether oxygens (including phenoxy) is 1. The van der Waals surface area contributed by atoms with Gasteiger partial charge in [-0.05, 0) is 23.8 Å². The average Bonchev–Trinajstić information content (AvgIpc) is 3.23. The van der Waals surface area contributed by atoms with Crippen molar-refractivity contribution < 1.29 is 27.2 Å². The number of pyridine rings is 1. The normalized spacial score (nSPS) is 15.3. The third kappa shape index (κ3) is 4.30. The summed E-state index contributed by atoms with van der Waals surface area (Å²) in [5.74, 6) is -0.933. The largest absolute Gasteiger partial charge is 0.379 e. The lowest BCUT2D eigenvalue weighted by Gasteiger charge is -2.25. The first kappa shape index (κ1) is 21.4. The molecule has 1 amide bonds. The lowest BCUT2D eigenvalue weighted by molar-refractivity contribution is -0.102. The third-order valence-electron chi connectivity index (χ3n) is 5.02. The van der Waals surface area contributed by atoms with Crippen LogP contribution in [0.3, 0.4) is 0 Å². The fourth-order valence-electron chi connectivity index (χ4n) is 3.35. The number of aromatic nitrogens is 2. The second-order valence-corrected chi connectivity index (χ2v) is 8.84. The zero-order chi connectivity index (χ0) is 22.0. The van der Waals surface area contributed by atoms with Crippen LogP contribution >= 0.6 is 0 Å². The third-order valence-corrected chi connectivity index (χ3v) is 6.96. The highest BCUT2D eigenvalue weighted by Crippen LogP contribution is 2.27. The Morgan fingerprint density at radius 2 is 2.00 bits per heavy atom. The van der Waals surface area contributed by atoms with Crippen LogP contribution in [0, 0.1) is 5.82 Å². The Morgan fingerprint density at radius 3 is 2.68 bits per heavy atom. The summed E-state index contributed by atoms with van der Waals surface area (Å²) in [5, 5.41) is 1.44. The molecule has 0 saturated carbocycles. The Bertz CT molecular complexity index is 1190. The van der Waals surface area contributed by atoms with Crippen molar-refractivity contribution in [3.05, 3.63) is 59.8 Å². The molecule has 0 unspecified atom stereocenters. The predicted octanol–water partition coefficient (Wildman–Crippen LogP) is 1.93. The van der Waals surface area contributed by atoms with Crippen molar-refractivity contribution in [3.63, 3.8) is 0 Å². The standard InChI is InChI=1S/C20H21FN4O5S/c1-29-25(13-14-2-4-15(21)5-3-14)20(26)17-10-16-18(11-22-17)23-12-19(16)31(27,28)24-6-8-30-9-7-24/h2-5,10-12,23H,6-9,13H2,1H3. The van der Waals surface area contributed by atoms with Crippen molar-refractivity contribution in [2.45, 2.75) is 11.4 Å². The number of rotatable bonds is 6. The van der Waals surface area contributed by atoms with Crippen molar-refractivity contribution in [3.8, 4) is 0 Å². The first-order valence-electron chi connectivity index (χ1n) is 9.55. The van der Waals surface area contributed by atoms with Gasteiger partial charge in [0.25, 0.3) is 5.91 Å². The molecule has 9 nitrogen and oxygen atoms in total. The number of amides is 1. The highest BCUT2D eigenvalue weighted by Gasteiger charge is 2.29. The van der Waals surface area contributed by atoms with Crippen LogP contribution in [-0.2, 0) is 26.1 Å². The number of H-pyrrole nitrogens is 1. The Hall–Kier alpha value is -2.86. The van der Waals surface area contributed by atoms with Gasteiger partial charge in [0, 0.05) is 24.7 Å². The van der Waals surface area contributed by atoms with Crippen LogP contribution in [0.2, 0.25) is 0 Å². The Labute approximate surface area is 178 Å². The second-order valence-electron chi connectivity index (χ2n) is 6.94. The van der Waals surface area contributed by atoms with E-state index in [1.165, 1.54) is 42.0 Å². The first-order chi connectivity index (χ1) is 14.9. The summed E-state index contributed by atoms with van der Waals surface area (Å²) in [6, 6.07) is 7.11. The zero-order valence-electron chi connectivity index (χ0n) is 16.7. The average molecular weight is 448 g/mol. The van der Waals surface area contributed by atoms with Crippen LogP contribution < -0.4 is 0 Å². The number of nitrogens with zero attached hydrogens (tertiary/aromatic N) is 3. The highest BCUT2D eigenvalue weighted by atomic mass is 32.2. The van der Waals surface area contributed by atoms with Crippen molar-refractivity contribution in [2.24, 2.45) is 0 Å². The lowest BCUT2D eigenvalue weighted by Crippen LogP contribution is -2.40. The minimum absolute atomic E-state index is 0.0227. The molecule has 0 atom stereocenters. The van der Waals surface area contributed by atoms with Crippen LogP contribution in [0.25, 0.3) is 10.9 Å². The molecule has 0 radical (unpaired) electrons. The SMILES string of the molecule is CON(Cc1ccc(F)cc1)C(=O)c1cc2c(S(=O)(=O)N3CCOCC3)c[nH]c2cn1. The maximum Gasteiger partial charge on any atom is 0.296 e. The molecule has 4 rings (SSSR count). The Balaban J connectivity index is 1.64. The molecule has 31 heavy (non-hydrogen) atoms. The van der Waals surface area contributed by atoms with Crippen LogP contribution in [0.1, 0.15) is 16.1 Å². The molecule has 1 aliphatic rings. The molecule has 3 heterocycles. The van der Waals surface area contributed by atoms with E-state index in [0.29, 0.717) is 29.7 Å². The molecule has 0 bridgehead atoms. The minimum Gasteiger partial charge on any atom is -0.379 e. The number of benzene rings is 1. The molecular formula is C20H21FN4O5S. The van der Waals surface area contributed by atoms with E-state index in [4.69, 9.17) is 9.57 Å². The second kappa shape index (κ2) is 8.71. The fourth-order valence-corrected chi connectivity index (χ4v) is 4.92. The number of hydrogen-bond donors (Lipinski definition) is 1. The number of halogens is 1. The maximum absolute atomic E-state index is 13.1. The van der Waals surface area contributed by atoms with E-state index >= 15 is 0 Å². The minimum atomic E-state index is -3.76. The van der Waals surface area contributed by atoms with E-state index < -0.39 is 15.9 Å². The molecule has 0 spiro atoms. The van der Waals surface area contributed by atoms with E-state index in [1.54, 1.807) is 12.1 Å². The van der Waals surface area contributed by atoms with Crippen LogP contribution in [0.5, 0.6) is 0 Å². The molecule has 1 N–H and O–H groups in total. The van der Waals surface area contributed by atoms with Gasteiger partial charge in [0.05, 0.1) is 38.6 Å². The van der Waals surface area contributed by atoms with Gasteiger partial charge in [-0.25, -0.2) is 22.9 Å². The summed E-state index contributed by atoms with van der Waals surface area (Å²) >= 11 is 0. The van der Waals surface area contributed by atoms with Gasteiger partial charge in [-0.15, -0.1) is 0 Å². The van der Waals surface area contributed by atoms with E-state index in [9.17, 15) is 17.6 Å². The van der Waals surface area contributed by atoms with E-state index in [0.717, 1.165) is 5.06 Å². The summed E-state index contributed by atoms with van der Waals surface area (Å²) < 4.78 is 45.9. The number of morpholine rings is 1. The molecule has 3 aromatic rings. The number of carbonyl (C=O) groups is 1. The van der Waals surface area contributed by atoms with Gasteiger partial charge in [0.1, 0.15) is 16.4 Å². The molecule has 1 saturated heterocycles. The Kier molecular flexibility index (Phi) is 6.01. The van der Waals surface area contributed by atoms with Gasteiger partial charge >= 0.3 is 0 Å². The van der Waals surface area contributed by atoms with Crippen molar-refractivity contribution in [2.75, 3.05) is 33.4 Å². The first-order valence-corrected chi connectivity index (χ1v) is 11.0. The molecular weight excluding hydrogens is 427 g/mol. The van der Waals surface area contributed by atoms with Gasteiger partial charge in [0.2, 0.25) is 10.0 Å². The zero-order valence-corrected chi connectivity index (χ0v) is 17.6. The van der Waals surface area contributed by atoms with E-state index in [1.807, 2.05) is 0 Å². The maximum atomic E-state index is 13.1. The number of aromatic amines is 1. The lowest BCUT2D eigenvalue weighted by atomic mass is 10.2. The molecule has 1 fully saturated rings. The molecule has 0 aliphatic carbocycles. The monoisotopic (exact) mass is 448 g/mol. The number of hydroxylamine groups is 2. The number of nitrogens with one attached hydrogen (secondary N) is 1. The van der Waals surface area contributed by atoms with Crippen LogP contribution in [0.15, 0.2) is 47.6 Å². The number of sulfonamides is 1. The van der Waals surface area contributed by atoms with Gasteiger partial charge in [0.15, 0.2) is 0 Å². The van der Waals surface area contributed by atoms with Crippen LogP contribution in [0.4, 0.5) is 4.39 Å².